The van der Waals surface area contributed by atoms with Crippen LogP contribution in [0, 0.1) is 17.8 Å². The highest BCUT2D eigenvalue weighted by molar-refractivity contribution is 5.90. The average molecular weight is 734 g/mol. The number of hydrogen-bond acceptors (Lipinski definition) is 9. The van der Waals surface area contributed by atoms with Gasteiger partial charge in [-0.15, -0.1) is 0 Å². The summed E-state index contributed by atoms with van der Waals surface area (Å²) in [6.07, 6.45) is 1.65. The van der Waals surface area contributed by atoms with E-state index in [0.717, 1.165) is 18.4 Å². The molecule has 0 aliphatic carbocycles. The molecule has 1 aliphatic heterocycles. The summed E-state index contributed by atoms with van der Waals surface area (Å²) in [6, 6.07) is 6.95. The van der Waals surface area contributed by atoms with Gasteiger partial charge in [-0.1, -0.05) is 71.4 Å². The van der Waals surface area contributed by atoms with E-state index in [-0.39, 0.29) is 67.6 Å². The Labute approximate surface area is 311 Å². The van der Waals surface area contributed by atoms with Gasteiger partial charge < -0.3 is 40.1 Å². The van der Waals surface area contributed by atoms with Gasteiger partial charge in [0.1, 0.15) is 6.04 Å². The van der Waals surface area contributed by atoms with Crippen LogP contribution in [-0.4, -0.2) is 146 Å². The van der Waals surface area contributed by atoms with Crippen LogP contribution in [0.25, 0.3) is 0 Å². The summed E-state index contributed by atoms with van der Waals surface area (Å²) in [7, 11) is 8.31. The average Bonchev–Trinajstić information content (AvgIpc) is 3.61. The zero-order valence-electron chi connectivity index (χ0n) is 33.2. The summed E-state index contributed by atoms with van der Waals surface area (Å²) in [5.41, 5.74) is 1.00. The van der Waals surface area contributed by atoms with Gasteiger partial charge in [-0.05, 0) is 57.2 Å². The second kappa shape index (κ2) is 22.2. The van der Waals surface area contributed by atoms with Crippen molar-refractivity contribution in [3.05, 3.63) is 35.9 Å². The van der Waals surface area contributed by atoms with Crippen molar-refractivity contribution < 1.29 is 38.9 Å². The van der Waals surface area contributed by atoms with Crippen molar-refractivity contribution in [2.75, 3.05) is 55.1 Å². The molecular formula is C39H67N5O8. The molecule has 1 aromatic carbocycles. The normalized spacial score (nSPS) is 19.3. The summed E-state index contributed by atoms with van der Waals surface area (Å²) in [5, 5.41) is 25.4. The van der Waals surface area contributed by atoms with Crippen LogP contribution < -0.4 is 10.6 Å². The molecule has 0 radical (unpaired) electrons. The second-order valence-corrected chi connectivity index (χ2v) is 14.9. The maximum Gasteiger partial charge on any atom is 0.245 e. The highest BCUT2D eigenvalue weighted by Gasteiger charge is 2.43. The molecule has 296 valence electrons. The number of nitrogens with one attached hydrogen (secondary N) is 2. The number of methoxy groups -OCH3 is 2. The Morgan fingerprint density at radius 1 is 0.962 bits per heavy atom. The number of nitrogens with zero attached hydrogens (tertiary/aromatic N) is 3. The van der Waals surface area contributed by atoms with E-state index in [9.17, 15) is 29.4 Å². The highest BCUT2D eigenvalue weighted by Crippen LogP contribution is 2.29. The Balaban J connectivity index is 2.24. The fraction of sp³-hybridized carbons (Fsp3) is 0.744. The molecule has 13 heteroatoms. The molecule has 1 fully saturated rings. The summed E-state index contributed by atoms with van der Waals surface area (Å²) in [5.74, 6) is -1.89. The van der Waals surface area contributed by atoms with Crippen LogP contribution in [0.3, 0.4) is 0 Å². The molecule has 52 heavy (non-hydrogen) atoms. The molecule has 1 aromatic rings. The van der Waals surface area contributed by atoms with Crippen LogP contribution in [0.15, 0.2) is 30.3 Å². The third-order valence-corrected chi connectivity index (χ3v) is 10.7. The Bertz CT molecular complexity index is 1250. The maximum absolute atomic E-state index is 14.1. The number of ether oxygens (including phenoxy) is 2. The quantitative estimate of drug-likeness (QED) is 0.140. The van der Waals surface area contributed by atoms with E-state index in [0.29, 0.717) is 19.4 Å². The number of rotatable bonds is 22. The van der Waals surface area contributed by atoms with Crippen LogP contribution in [0.5, 0.6) is 0 Å². The zero-order chi connectivity index (χ0) is 39.1. The van der Waals surface area contributed by atoms with Gasteiger partial charge in [0, 0.05) is 34.4 Å². The first kappa shape index (κ1) is 45.1. The van der Waals surface area contributed by atoms with Gasteiger partial charge in [-0.2, -0.15) is 0 Å². The molecular weight excluding hydrogens is 666 g/mol. The van der Waals surface area contributed by atoms with Crippen molar-refractivity contribution in [1.29, 1.82) is 0 Å². The third-order valence-electron chi connectivity index (χ3n) is 10.7. The standard InChI is InChI=1S/C39H67N5O8/c1-11-26(4)35(43(8)39(50)34(25(2)3)41-38(49)31(19-21-45)42(6)7)32(51-9)23-33(47)44-20-15-18-30(44)36(52-10)27(5)37(48)40-29(24-46)22-28-16-13-12-14-17-28/h12-14,16-17,25-27,29-32,34-36,45-46H,11,15,18-24H2,1-10H3,(H,40,48)(H,41,49)/t26-,27+,29-,30-,31-,32+,34-,35-,36+/m0/s1. The topological polar surface area (TPSA) is 161 Å². The van der Waals surface area contributed by atoms with Gasteiger partial charge in [-0.25, -0.2) is 0 Å². The molecule has 0 bridgehead atoms. The summed E-state index contributed by atoms with van der Waals surface area (Å²) < 4.78 is 11.9. The van der Waals surface area contributed by atoms with Crippen molar-refractivity contribution in [1.82, 2.24) is 25.3 Å². The molecule has 1 heterocycles. The van der Waals surface area contributed by atoms with Crippen molar-refractivity contribution in [3.63, 3.8) is 0 Å². The first-order valence-corrected chi connectivity index (χ1v) is 18.8. The van der Waals surface area contributed by atoms with Gasteiger partial charge in [0.25, 0.3) is 0 Å². The number of carbonyl (C=O) groups is 4. The molecule has 9 atom stereocenters. The fourth-order valence-electron chi connectivity index (χ4n) is 7.43. The monoisotopic (exact) mass is 733 g/mol. The van der Waals surface area contributed by atoms with Gasteiger partial charge in [-0.3, -0.25) is 24.1 Å². The van der Waals surface area contributed by atoms with Gasteiger partial charge in [0.15, 0.2) is 0 Å². The second-order valence-electron chi connectivity index (χ2n) is 14.9. The predicted molar refractivity (Wildman–Crippen MR) is 201 cm³/mol. The number of aliphatic hydroxyl groups excluding tert-OH is 2. The van der Waals surface area contributed by atoms with E-state index in [1.807, 2.05) is 58.0 Å². The van der Waals surface area contributed by atoms with E-state index >= 15 is 0 Å². The lowest BCUT2D eigenvalue weighted by atomic mass is 9.89. The molecule has 2 rings (SSSR count). The number of amides is 4. The molecule has 0 unspecified atom stereocenters. The molecule has 1 saturated heterocycles. The number of benzene rings is 1. The lowest BCUT2D eigenvalue weighted by Gasteiger charge is -2.41. The van der Waals surface area contributed by atoms with Gasteiger partial charge in [0.2, 0.25) is 23.6 Å². The fourth-order valence-corrected chi connectivity index (χ4v) is 7.43. The SMILES string of the molecule is CC[C@H](C)[C@@H]([C@@H](CC(=O)N1CCC[C@H]1[C@H](OC)[C@@H](C)C(=O)N[C@H](CO)Cc1ccccc1)OC)N(C)C(=O)[C@@H](NC(=O)[C@H](CCO)N(C)C)C(C)C. The van der Waals surface area contributed by atoms with Crippen LogP contribution in [0.2, 0.25) is 0 Å². The number of likely N-dealkylation sites (tertiary alicyclic amines) is 1. The third kappa shape index (κ3) is 12.2. The molecule has 0 spiro atoms. The summed E-state index contributed by atoms with van der Waals surface area (Å²) >= 11 is 0. The summed E-state index contributed by atoms with van der Waals surface area (Å²) in [6.45, 7) is 9.71. The largest absolute Gasteiger partial charge is 0.396 e. The van der Waals surface area contributed by atoms with Crippen molar-refractivity contribution >= 4 is 23.6 Å². The van der Waals surface area contributed by atoms with Crippen LogP contribution in [0.4, 0.5) is 0 Å². The molecule has 4 amide bonds. The smallest absolute Gasteiger partial charge is 0.245 e. The van der Waals surface area contributed by atoms with Crippen molar-refractivity contribution in [3.8, 4) is 0 Å². The van der Waals surface area contributed by atoms with E-state index in [4.69, 9.17) is 9.47 Å². The Hall–Kier alpha value is -3.10. The van der Waals surface area contributed by atoms with Crippen molar-refractivity contribution in [2.24, 2.45) is 17.8 Å². The molecule has 13 nitrogen and oxygen atoms in total. The minimum atomic E-state index is -0.824. The Kier molecular flexibility index (Phi) is 19.2. The first-order chi connectivity index (χ1) is 24.7. The van der Waals surface area contributed by atoms with Crippen LogP contribution in [0.1, 0.15) is 72.3 Å². The van der Waals surface area contributed by atoms with Crippen LogP contribution in [-0.2, 0) is 35.1 Å². The van der Waals surface area contributed by atoms with Crippen LogP contribution >= 0.6 is 0 Å². The summed E-state index contributed by atoms with van der Waals surface area (Å²) in [4.78, 5) is 60.1. The Morgan fingerprint density at radius 3 is 2.13 bits per heavy atom. The lowest BCUT2D eigenvalue weighted by molar-refractivity contribution is -0.148. The van der Waals surface area contributed by atoms with E-state index < -0.39 is 42.3 Å². The number of carbonyl (C=O) groups excluding carboxylic acids is 4. The van der Waals surface area contributed by atoms with E-state index in [1.165, 1.54) is 0 Å². The molecule has 0 saturated carbocycles. The highest BCUT2D eigenvalue weighted by atomic mass is 16.5. The minimum absolute atomic E-state index is 0.0121. The number of hydrogen-bond donors (Lipinski definition) is 4. The molecule has 0 aromatic heterocycles. The van der Waals surface area contributed by atoms with E-state index in [2.05, 4.69) is 10.6 Å². The van der Waals surface area contributed by atoms with E-state index in [1.54, 1.807) is 57.0 Å². The van der Waals surface area contributed by atoms with Gasteiger partial charge >= 0.3 is 0 Å². The van der Waals surface area contributed by atoms with Crippen molar-refractivity contribution in [2.45, 2.75) is 116 Å². The first-order valence-electron chi connectivity index (χ1n) is 18.8. The zero-order valence-corrected chi connectivity index (χ0v) is 33.2. The maximum atomic E-state index is 14.1. The molecule has 4 N–H and O–H groups in total. The lowest BCUT2D eigenvalue weighted by Crippen LogP contribution is -2.59. The molecule has 1 aliphatic rings. The predicted octanol–water partition coefficient (Wildman–Crippen LogP) is 2.08. The number of likely N-dealkylation sites (N-methyl/N-ethyl adjacent to an activating group) is 2. The Morgan fingerprint density at radius 2 is 1.62 bits per heavy atom. The minimum Gasteiger partial charge on any atom is -0.396 e. The van der Waals surface area contributed by atoms with Gasteiger partial charge in [0.05, 0.1) is 55.3 Å². The number of aliphatic hydroxyl groups is 2.